The number of amides is 1. The molecule has 0 saturated heterocycles. The lowest BCUT2D eigenvalue weighted by Crippen LogP contribution is -2.32. The number of carbonyl (C=O) groups excluding carboxylic acids is 1. The largest absolute Gasteiger partial charge is 0.380 e. The standard InChI is InChI=1S/C12H26N2O2/c1-10(2)6-4-5-7-14-12(15)8-11(9-13)16-3/h10-11H,4-9,13H2,1-3H3,(H,14,15). The summed E-state index contributed by atoms with van der Waals surface area (Å²) in [6.45, 7) is 5.57. The van der Waals surface area contributed by atoms with E-state index in [1.54, 1.807) is 7.11 Å². The molecule has 4 nitrogen and oxygen atoms in total. The molecule has 0 rings (SSSR count). The van der Waals surface area contributed by atoms with Crippen LogP contribution in [0, 0.1) is 5.92 Å². The summed E-state index contributed by atoms with van der Waals surface area (Å²) in [4.78, 5) is 11.4. The SMILES string of the molecule is COC(CN)CC(=O)NCCCCC(C)C. The van der Waals surface area contributed by atoms with Gasteiger partial charge in [0, 0.05) is 20.2 Å². The van der Waals surface area contributed by atoms with E-state index in [1.807, 2.05) is 0 Å². The molecule has 0 aromatic carbocycles. The van der Waals surface area contributed by atoms with E-state index in [2.05, 4.69) is 19.2 Å². The van der Waals surface area contributed by atoms with E-state index < -0.39 is 0 Å². The molecule has 96 valence electrons. The minimum atomic E-state index is -0.157. The molecule has 0 aliphatic carbocycles. The lowest BCUT2D eigenvalue weighted by molar-refractivity contribution is -0.123. The lowest BCUT2D eigenvalue weighted by Gasteiger charge is -2.12. The molecule has 0 aliphatic heterocycles. The fourth-order valence-electron chi connectivity index (χ4n) is 1.45. The Labute approximate surface area is 98.9 Å². The monoisotopic (exact) mass is 230 g/mol. The summed E-state index contributed by atoms with van der Waals surface area (Å²) in [6, 6.07) is 0. The predicted octanol–water partition coefficient (Wildman–Crippen LogP) is 1.29. The van der Waals surface area contributed by atoms with Gasteiger partial charge in [-0.15, -0.1) is 0 Å². The average molecular weight is 230 g/mol. The van der Waals surface area contributed by atoms with Crippen LogP contribution >= 0.6 is 0 Å². The van der Waals surface area contributed by atoms with Gasteiger partial charge in [0.05, 0.1) is 12.5 Å². The van der Waals surface area contributed by atoms with Gasteiger partial charge in [-0.3, -0.25) is 4.79 Å². The molecule has 3 N–H and O–H groups in total. The van der Waals surface area contributed by atoms with Gasteiger partial charge in [0.15, 0.2) is 0 Å². The van der Waals surface area contributed by atoms with Crippen LogP contribution in [0.1, 0.15) is 39.5 Å². The number of nitrogens with two attached hydrogens (primary N) is 1. The summed E-state index contributed by atoms with van der Waals surface area (Å²) in [6.07, 6.45) is 3.64. The molecular weight excluding hydrogens is 204 g/mol. The zero-order valence-corrected chi connectivity index (χ0v) is 10.8. The Hall–Kier alpha value is -0.610. The van der Waals surface area contributed by atoms with E-state index in [0.717, 1.165) is 18.9 Å². The van der Waals surface area contributed by atoms with Crippen molar-refractivity contribution < 1.29 is 9.53 Å². The van der Waals surface area contributed by atoms with Gasteiger partial charge in [0.25, 0.3) is 0 Å². The maximum absolute atomic E-state index is 11.4. The number of hydrogen-bond donors (Lipinski definition) is 2. The molecule has 0 aliphatic rings. The molecule has 1 amide bonds. The van der Waals surface area contributed by atoms with Gasteiger partial charge >= 0.3 is 0 Å². The van der Waals surface area contributed by atoms with Gasteiger partial charge in [0.2, 0.25) is 5.91 Å². The number of unbranched alkanes of at least 4 members (excludes halogenated alkanes) is 1. The fraction of sp³-hybridized carbons (Fsp3) is 0.917. The Bertz CT molecular complexity index is 180. The molecule has 0 bridgehead atoms. The molecule has 4 heteroatoms. The van der Waals surface area contributed by atoms with Crippen LogP contribution in [0.15, 0.2) is 0 Å². The van der Waals surface area contributed by atoms with Crippen molar-refractivity contribution in [3.05, 3.63) is 0 Å². The van der Waals surface area contributed by atoms with Crippen molar-refractivity contribution in [2.75, 3.05) is 20.2 Å². The third-order valence-corrected chi connectivity index (χ3v) is 2.54. The highest BCUT2D eigenvalue weighted by Crippen LogP contribution is 2.05. The minimum absolute atomic E-state index is 0.0295. The smallest absolute Gasteiger partial charge is 0.222 e. The van der Waals surface area contributed by atoms with E-state index in [1.165, 1.54) is 12.8 Å². The van der Waals surface area contributed by atoms with Gasteiger partial charge in [-0.05, 0) is 12.3 Å². The average Bonchev–Trinajstić information content (AvgIpc) is 2.25. The Morgan fingerprint density at radius 3 is 2.56 bits per heavy atom. The highest BCUT2D eigenvalue weighted by Gasteiger charge is 2.10. The summed E-state index contributed by atoms with van der Waals surface area (Å²) >= 11 is 0. The molecule has 0 spiro atoms. The first-order chi connectivity index (χ1) is 7.60. The maximum atomic E-state index is 11.4. The van der Waals surface area contributed by atoms with Crippen LogP contribution in [0.2, 0.25) is 0 Å². The van der Waals surface area contributed by atoms with Crippen LogP contribution < -0.4 is 11.1 Å². The van der Waals surface area contributed by atoms with Gasteiger partial charge < -0.3 is 15.8 Å². The Kier molecular flexibility index (Phi) is 9.24. The first-order valence-corrected chi connectivity index (χ1v) is 6.09. The number of hydrogen-bond acceptors (Lipinski definition) is 3. The highest BCUT2D eigenvalue weighted by atomic mass is 16.5. The van der Waals surface area contributed by atoms with E-state index in [9.17, 15) is 4.79 Å². The Morgan fingerprint density at radius 2 is 2.06 bits per heavy atom. The molecular formula is C12H26N2O2. The van der Waals surface area contributed by atoms with E-state index in [-0.39, 0.29) is 12.0 Å². The van der Waals surface area contributed by atoms with E-state index >= 15 is 0 Å². The van der Waals surface area contributed by atoms with Crippen LogP contribution in [0.25, 0.3) is 0 Å². The molecule has 0 radical (unpaired) electrons. The second kappa shape index (κ2) is 9.60. The van der Waals surface area contributed by atoms with Crippen molar-refractivity contribution in [1.29, 1.82) is 0 Å². The van der Waals surface area contributed by atoms with Gasteiger partial charge in [-0.1, -0.05) is 26.7 Å². The van der Waals surface area contributed by atoms with Crippen LogP contribution in [0.3, 0.4) is 0 Å². The molecule has 0 saturated carbocycles. The quantitative estimate of drug-likeness (QED) is 0.587. The molecule has 0 aromatic rings. The first-order valence-electron chi connectivity index (χ1n) is 6.09. The number of rotatable bonds is 9. The zero-order valence-electron chi connectivity index (χ0n) is 10.8. The van der Waals surface area contributed by atoms with E-state index in [0.29, 0.717) is 13.0 Å². The second-order valence-corrected chi connectivity index (χ2v) is 4.54. The summed E-state index contributed by atoms with van der Waals surface area (Å²) < 4.78 is 5.04. The van der Waals surface area contributed by atoms with Crippen LogP contribution in [-0.2, 0) is 9.53 Å². The third kappa shape index (κ3) is 8.68. The maximum Gasteiger partial charge on any atom is 0.222 e. The number of ether oxygens (including phenoxy) is 1. The zero-order chi connectivity index (χ0) is 12.4. The predicted molar refractivity (Wildman–Crippen MR) is 66.2 cm³/mol. The van der Waals surface area contributed by atoms with E-state index in [4.69, 9.17) is 10.5 Å². The number of nitrogens with one attached hydrogen (secondary N) is 1. The van der Waals surface area contributed by atoms with Crippen molar-refractivity contribution in [1.82, 2.24) is 5.32 Å². The fourth-order valence-corrected chi connectivity index (χ4v) is 1.45. The molecule has 16 heavy (non-hydrogen) atoms. The summed E-state index contributed by atoms with van der Waals surface area (Å²) in [7, 11) is 1.58. The van der Waals surface area contributed by atoms with Crippen LogP contribution in [0.4, 0.5) is 0 Å². The summed E-state index contributed by atoms with van der Waals surface area (Å²) in [5, 5.41) is 2.88. The third-order valence-electron chi connectivity index (χ3n) is 2.54. The highest BCUT2D eigenvalue weighted by molar-refractivity contribution is 5.76. The topological polar surface area (TPSA) is 64.3 Å². The van der Waals surface area contributed by atoms with Gasteiger partial charge in [0.1, 0.15) is 0 Å². The summed E-state index contributed by atoms with van der Waals surface area (Å²) in [5.41, 5.74) is 5.44. The van der Waals surface area contributed by atoms with Crippen molar-refractivity contribution in [2.24, 2.45) is 11.7 Å². The molecule has 1 atom stereocenters. The first kappa shape index (κ1) is 15.4. The van der Waals surface area contributed by atoms with Gasteiger partial charge in [-0.25, -0.2) is 0 Å². The lowest BCUT2D eigenvalue weighted by atomic mass is 10.1. The molecule has 0 aromatic heterocycles. The van der Waals surface area contributed by atoms with Gasteiger partial charge in [-0.2, -0.15) is 0 Å². The Morgan fingerprint density at radius 1 is 1.38 bits per heavy atom. The van der Waals surface area contributed by atoms with Crippen molar-refractivity contribution in [3.8, 4) is 0 Å². The number of methoxy groups -OCH3 is 1. The molecule has 1 unspecified atom stereocenters. The normalized spacial score (nSPS) is 12.8. The van der Waals surface area contributed by atoms with Crippen molar-refractivity contribution in [3.63, 3.8) is 0 Å². The molecule has 0 heterocycles. The summed E-state index contributed by atoms with van der Waals surface area (Å²) in [5.74, 6) is 0.771. The van der Waals surface area contributed by atoms with Crippen molar-refractivity contribution >= 4 is 5.91 Å². The second-order valence-electron chi connectivity index (χ2n) is 4.54. The van der Waals surface area contributed by atoms with Crippen LogP contribution in [0.5, 0.6) is 0 Å². The number of carbonyl (C=O) groups is 1. The van der Waals surface area contributed by atoms with Crippen molar-refractivity contribution in [2.45, 2.75) is 45.6 Å². The minimum Gasteiger partial charge on any atom is -0.380 e. The molecule has 0 fully saturated rings. The Balaban J connectivity index is 3.43. The van der Waals surface area contributed by atoms with Crippen LogP contribution in [-0.4, -0.2) is 32.2 Å².